The quantitative estimate of drug-likeness (QED) is 0.341. The number of nitrogens with zero attached hydrogens (tertiary/aromatic N) is 6. The van der Waals surface area contributed by atoms with Gasteiger partial charge >= 0.3 is 6.01 Å². The van der Waals surface area contributed by atoms with Crippen molar-refractivity contribution in [2.75, 3.05) is 56.6 Å². The van der Waals surface area contributed by atoms with Crippen LogP contribution >= 0.6 is 11.3 Å². The first-order chi connectivity index (χ1) is 21.2. The molecule has 232 valence electrons. The van der Waals surface area contributed by atoms with Crippen LogP contribution in [-0.4, -0.2) is 94.2 Å². The van der Waals surface area contributed by atoms with Crippen LogP contribution in [0.5, 0.6) is 6.01 Å². The molecule has 4 atom stereocenters. The molecule has 1 aromatic carbocycles. The number of morpholine rings is 1. The molecule has 4 aliphatic heterocycles. The van der Waals surface area contributed by atoms with Gasteiger partial charge in [-0.15, -0.1) is 0 Å². The van der Waals surface area contributed by atoms with Crippen LogP contribution in [0.4, 0.5) is 24.1 Å². The second-order valence-electron chi connectivity index (χ2n) is 12.2. The highest BCUT2D eigenvalue weighted by atomic mass is 32.1. The van der Waals surface area contributed by atoms with Crippen molar-refractivity contribution in [1.29, 1.82) is 0 Å². The Hall–Kier alpha value is -3.53. The van der Waals surface area contributed by atoms with E-state index in [9.17, 15) is 13.6 Å². The molecule has 2 unspecified atom stereocenters. The largest absolute Gasteiger partial charge is 0.461 e. The summed E-state index contributed by atoms with van der Waals surface area (Å²) in [5, 5.41) is 3.52. The highest BCUT2D eigenvalue weighted by molar-refractivity contribution is 7.22. The molecular formula is C29H31F3N8O3S. The Morgan fingerprint density at radius 3 is 2.77 bits per heavy atom. The van der Waals surface area contributed by atoms with E-state index in [1.165, 1.54) is 23.7 Å². The van der Waals surface area contributed by atoms with E-state index in [4.69, 9.17) is 20.2 Å². The molecule has 8 rings (SSSR count). The number of halogens is 3. The summed E-state index contributed by atoms with van der Waals surface area (Å²) in [6.07, 6.45) is 1.13. The number of aromatic nitrogens is 4. The molecule has 4 saturated heterocycles. The van der Waals surface area contributed by atoms with Crippen LogP contribution in [0.1, 0.15) is 19.3 Å². The van der Waals surface area contributed by atoms with E-state index in [2.05, 4.69) is 20.2 Å². The van der Waals surface area contributed by atoms with Crippen molar-refractivity contribution in [3.63, 3.8) is 0 Å². The molecule has 0 amide bonds. The fourth-order valence-electron chi connectivity index (χ4n) is 7.57. The zero-order valence-corrected chi connectivity index (χ0v) is 24.8. The van der Waals surface area contributed by atoms with Gasteiger partial charge in [0.1, 0.15) is 35.3 Å². The molecule has 3 N–H and O–H groups in total. The predicted molar refractivity (Wildman–Crippen MR) is 160 cm³/mol. The average Bonchev–Trinajstić information content (AvgIpc) is 3.67. The molecule has 0 aliphatic carbocycles. The SMILES string of the molecule is Cn1c(-c2ccc(F)c3sc(N)nc23)c(F)c2nc(OC[C@@]34CCCN3C[C@H](F)C4)nc(N3C4CNCC3COC4)c2c1=O. The Labute approximate surface area is 253 Å². The number of benzene rings is 1. The minimum absolute atomic E-state index is 0.0152. The maximum Gasteiger partial charge on any atom is 0.319 e. The van der Waals surface area contributed by atoms with Gasteiger partial charge in [0.05, 0.1) is 46.7 Å². The van der Waals surface area contributed by atoms with Gasteiger partial charge in [-0.05, 0) is 31.5 Å². The number of pyridine rings is 1. The van der Waals surface area contributed by atoms with E-state index in [0.717, 1.165) is 30.7 Å². The van der Waals surface area contributed by atoms with Crippen LogP contribution in [0.25, 0.3) is 32.4 Å². The molecule has 0 saturated carbocycles. The van der Waals surface area contributed by atoms with Gasteiger partial charge in [0, 0.05) is 38.7 Å². The Balaban J connectivity index is 1.32. The molecule has 15 heteroatoms. The highest BCUT2D eigenvalue weighted by Crippen LogP contribution is 2.41. The van der Waals surface area contributed by atoms with Gasteiger partial charge in [-0.3, -0.25) is 9.69 Å². The third-order valence-electron chi connectivity index (χ3n) is 9.55. The Morgan fingerprint density at radius 1 is 1.18 bits per heavy atom. The molecule has 44 heavy (non-hydrogen) atoms. The lowest BCUT2D eigenvalue weighted by Crippen LogP contribution is -2.64. The third kappa shape index (κ3) is 4.19. The van der Waals surface area contributed by atoms with E-state index >= 15 is 4.39 Å². The van der Waals surface area contributed by atoms with E-state index in [1.807, 2.05) is 4.90 Å². The van der Waals surface area contributed by atoms with E-state index in [1.54, 1.807) is 0 Å². The summed E-state index contributed by atoms with van der Waals surface area (Å²) in [5.74, 6) is -1.06. The summed E-state index contributed by atoms with van der Waals surface area (Å²) in [6.45, 7) is 3.28. The molecular weight excluding hydrogens is 597 g/mol. The number of fused-ring (bicyclic) bond motifs is 5. The number of ether oxygens (including phenoxy) is 2. The van der Waals surface area contributed by atoms with Gasteiger partial charge in [-0.25, -0.2) is 18.2 Å². The van der Waals surface area contributed by atoms with Crippen molar-refractivity contribution in [2.45, 2.75) is 43.1 Å². The summed E-state index contributed by atoms with van der Waals surface area (Å²) in [6, 6.07) is 2.20. The second-order valence-corrected chi connectivity index (χ2v) is 13.2. The number of hydrogen-bond donors (Lipinski definition) is 2. The van der Waals surface area contributed by atoms with Crippen LogP contribution in [0.3, 0.4) is 0 Å². The maximum absolute atomic E-state index is 16.9. The Kier molecular flexibility index (Phi) is 6.52. The molecule has 11 nitrogen and oxygen atoms in total. The number of nitrogens with two attached hydrogens (primary N) is 1. The van der Waals surface area contributed by atoms with Gasteiger partial charge in [-0.1, -0.05) is 11.3 Å². The topological polar surface area (TPSA) is 124 Å². The molecule has 4 fully saturated rings. The van der Waals surface area contributed by atoms with Gasteiger partial charge < -0.3 is 30.0 Å². The van der Waals surface area contributed by atoms with Crippen LogP contribution in [-0.2, 0) is 11.8 Å². The normalized spacial score (nSPS) is 27.0. The average molecular weight is 629 g/mol. The zero-order valence-electron chi connectivity index (χ0n) is 24.0. The van der Waals surface area contributed by atoms with Gasteiger partial charge in [0.2, 0.25) is 0 Å². The second kappa shape index (κ2) is 10.3. The lowest BCUT2D eigenvalue weighted by Gasteiger charge is -2.46. The molecule has 7 heterocycles. The van der Waals surface area contributed by atoms with Crippen molar-refractivity contribution in [3.05, 3.63) is 34.1 Å². The number of hydrogen-bond acceptors (Lipinski definition) is 11. The third-order valence-corrected chi connectivity index (χ3v) is 10.4. The number of nitrogens with one attached hydrogen (secondary N) is 1. The zero-order chi connectivity index (χ0) is 30.3. The summed E-state index contributed by atoms with van der Waals surface area (Å²) < 4.78 is 59.4. The molecule has 4 aliphatic rings. The van der Waals surface area contributed by atoms with E-state index in [0.29, 0.717) is 39.3 Å². The minimum atomic E-state index is -0.942. The van der Waals surface area contributed by atoms with Crippen LogP contribution < -0.4 is 26.2 Å². The summed E-state index contributed by atoms with van der Waals surface area (Å²) in [5.41, 5.74) is 4.95. The van der Waals surface area contributed by atoms with Gasteiger partial charge in [0.25, 0.3) is 5.56 Å². The smallest absolute Gasteiger partial charge is 0.319 e. The van der Waals surface area contributed by atoms with E-state index < -0.39 is 28.9 Å². The van der Waals surface area contributed by atoms with Crippen molar-refractivity contribution in [3.8, 4) is 17.3 Å². The molecule has 0 spiro atoms. The number of thiazole rings is 1. The molecule has 4 aromatic rings. The maximum atomic E-state index is 16.9. The minimum Gasteiger partial charge on any atom is -0.461 e. The first-order valence-corrected chi connectivity index (χ1v) is 15.6. The summed E-state index contributed by atoms with van der Waals surface area (Å²) >= 11 is 0.947. The van der Waals surface area contributed by atoms with E-state index in [-0.39, 0.29) is 68.0 Å². The molecule has 0 radical (unpaired) electrons. The first-order valence-electron chi connectivity index (χ1n) is 14.8. The van der Waals surface area contributed by atoms with Crippen LogP contribution in [0.2, 0.25) is 0 Å². The number of rotatable bonds is 5. The predicted octanol–water partition coefficient (Wildman–Crippen LogP) is 2.60. The Bertz CT molecular complexity index is 1850. The highest BCUT2D eigenvalue weighted by Gasteiger charge is 2.49. The monoisotopic (exact) mass is 628 g/mol. The molecule has 2 bridgehead atoms. The number of nitrogen functional groups attached to an aromatic ring is 1. The van der Waals surface area contributed by atoms with Crippen molar-refractivity contribution < 1.29 is 22.6 Å². The fourth-order valence-corrected chi connectivity index (χ4v) is 8.33. The fraction of sp³-hybridized carbons (Fsp3) is 0.517. The van der Waals surface area contributed by atoms with Gasteiger partial charge in [0.15, 0.2) is 10.9 Å². The summed E-state index contributed by atoms with van der Waals surface area (Å²) in [4.78, 5) is 31.8. The van der Waals surface area contributed by atoms with Crippen LogP contribution in [0.15, 0.2) is 16.9 Å². The lowest BCUT2D eigenvalue weighted by molar-refractivity contribution is 0.0522. The molecule has 3 aromatic heterocycles. The lowest BCUT2D eigenvalue weighted by atomic mass is 9.95. The Morgan fingerprint density at radius 2 is 1.98 bits per heavy atom. The summed E-state index contributed by atoms with van der Waals surface area (Å²) in [7, 11) is 1.46. The standard InChI is InChI=1S/C29H31F3N8O3S/c1-38-23(17-3-4-18(31)24-21(17)35-27(33)44-24)20(32)22-19(26(38)41)25(40-15-8-34-9-16(40)12-42-11-15)37-28(36-22)43-13-29-5-2-6-39(29)10-14(30)7-29/h3-4,14-16,34H,2,5-13H2,1H3,(H2,33,35)/t14-,15?,16?,29+/m1/s1. The van der Waals surface area contributed by atoms with Gasteiger partial charge in [-0.2, -0.15) is 9.97 Å². The van der Waals surface area contributed by atoms with Crippen molar-refractivity contribution >= 4 is 43.4 Å². The number of piperazine rings is 1. The van der Waals surface area contributed by atoms with Crippen molar-refractivity contribution in [2.24, 2.45) is 7.05 Å². The number of alkyl halides is 1. The first kappa shape index (κ1) is 28.0. The van der Waals surface area contributed by atoms with Crippen LogP contribution in [0, 0.1) is 11.6 Å². The van der Waals surface area contributed by atoms with Crippen molar-refractivity contribution in [1.82, 2.24) is 29.7 Å². The number of anilines is 2.